The highest BCUT2D eigenvalue weighted by molar-refractivity contribution is 7.17. The van der Waals surface area contributed by atoms with Crippen molar-refractivity contribution in [2.45, 2.75) is 18.8 Å². The van der Waals surface area contributed by atoms with Crippen molar-refractivity contribution in [1.82, 2.24) is 14.9 Å². The van der Waals surface area contributed by atoms with Crippen LogP contribution in [0.25, 0.3) is 15.7 Å². The van der Waals surface area contributed by atoms with Crippen molar-refractivity contribution in [3.63, 3.8) is 0 Å². The van der Waals surface area contributed by atoms with Gasteiger partial charge in [-0.1, -0.05) is 30.3 Å². The Morgan fingerprint density at radius 2 is 1.94 bits per heavy atom. The third-order valence-electron chi connectivity index (χ3n) is 6.18. The van der Waals surface area contributed by atoms with Crippen LogP contribution in [0.1, 0.15) is 40.4 Å². The highest BCUT2D eigenvalue weighted by Crippen LogP contribution is 2.33. The highest BCUT2D eigenvalue weighted by Gasteiger charge is 2.24. The number of ketones is 1. The molecule has 0 amide bonds. The summed E-state index contributed by atoms with van der Waals surface area (Å²) < 4.78 is 1.38. The Morgan fingerprint density at radius 3 is 2.72 bits per heavy atom. The van der Waals surface area contributed by atoms with Crippen LogP contribution in [0.3, 0.4) is 0 Å². The summed E-state index contributed by atoms with van der Waals surface area (Å²) in [6, 6.07) is 18.2. The minimum absolute atomic E-state index is 0.115. The molecule has 160 valence electrons. The number of rotatable bonds is 7. The minimum atomic E-state index is -0.246. The number of Topliss-reactive ketones (excluding diaryl/α,β-unsaturated/α-hetero) is 1. The van der Waals surface area contributed by atoms with Crippen LogP contribution in [0.4, 0.5) is 0 Å². The molecule has 4 nitrogen and oxygen atoms in total. The van der Waals surface area contributed by atoms with E-state index in [2.05, 4.69) is 50.6 Å². The number of carbonyl (C=O) groups is 1. The summed E-state index contributed by atoms with van der Waals surface area (Å²) in [5.74, 6) is -0.132. The van der Waals surface area contributed by atoms with Crippen LogP contribution in [0, 0.1) is 0 Å². The number of benzene rings is 1. The van der Waals surface area contributed by atoms with Crippen LogP contribution >= 0.6 is 11.3 Å². The molecule has 1 aliphatic heterocycles. The fourth-order valence-electron chi connectivity index (χ4n) is 4.43. The van der Waals surface area contributed by atoms with Gasteiger partial charge in [0.2, 0.25) is 0 Å². The van der Waals surface area contributed by atoms with E-state index in [0.717, 1.165) is 38.2 Å². The number of carbonyl (C=O) groups excluding carboxylic acids is 1. The standard InChI is InChI=1S/C27H25N3OS/c31-26(21-7-14-28-15-8-21)24(25-6-1-2-13-29-25)11-18-30-16-9-20(10-17-30)23-5-3-4-22-12-19-32-27(22)23/h1-9,12-15,19,24H,10-11,16-18H2. The molecular weight excluding hydrogens is 414 g/mol. The molecule has 0 bridgehead atoms. The molecule has 4 heterocycles. The molecule has 0 radical (unpaired) electrons. The van der Waals surface area contributed by atoms with Gasteiger partial charge in [0, 0.05) is 41.9 Å². The van der Waals surface area contributed by atoms with Gasteiger partial charge in [0.1, 0.15) is 0 Å². The van der Waals surface area contributed by atoms with Gasteiger partial charge in [-0.25, -0.2) is 0 Å². The molecule has 1 atom stereocenters. The van der Waals surface area contributed by atoms with Crippen molar-refractivity contribution in [3.8, 4) is 0 Å². The summed E-state index contributed by atoms with van der Waals surface area (Å²) in [5, 5.41) is 3.49. The number of hydrogen-bond donors (Lipinski definition) is 0. The predicted octanol–water partition coefficient (Wildman–Crippen LogP) is 5.84. The van der Waals surface area contributed by atoms with E-state index in [1.54, 1.807) is 30.7 Å². The van der Waals surface area contributed by atoms with E-state index in [1.165, 1.54) is 21.2 Å². The molecule has 1 aliphatic rings. The Bertz CT molecular complexity index is 1230. The summed E-state index contributed by atoms with van der Waals surface area (Å²) in [6.45, 7) is 2.78. The molecule has 0 spiro atoms. The summed E-state index contributed by atoms with van der Waals surface area (Å²) in [4.78, 5) is 24.2. The molecule has 0 fully saturated rings. The van der Waals surface area contributed by atoms with E-state index in [4.69, 9.17) is 0 Å². The van der Waals surface area contributed by atoms with Crippen molar-refractivity contribution in [3.05, 3.63) is 101 Å². The molecule has 1 unspecified atom stereocenters. The minimum Gasteiger partial charge on any atom is -0.299 e. The van der Waals surface area contributed by atoms with E-state index < -0.39 is 0 Å². The first-order valence-electron chi connectivity index (χ1n) is 11.0. The molecule has 0 aliphatic carbocycles. The van der Waals surface area contributed by atoms with Crippen LogP contribution in [0.15, 0.2) is 84.6 Å². The van der Waals surface area contributed by atoms with Gasteiger partial charge >= 0.3 is 0 Å². The molecule has 4 aromatic rings. The average Bonchev–Trinajstić information content (AvgIpc) is 3.35. The fraction of sp³-hybridized carbons (Fsp3) is 0.222. The van der Waals surface area contributed by atoms with E-state index in [9.17, 15) is 4.79 Å². The van der Waals surface area contributed by atoms with Gasteiger partial charge in [0.25, 0.3) is 0 Å². The Labute approximate surface area is 192 Å². The molecular formula is C27H25N3OS. The van der Waals surface area contributed by atoms with Crippen LogP contribution in [-0.2, 0) is 0 Å². The van der Waals surface area contributed by atoms with Gasteiger partial charge in [-0.3, -0.25) is 19.7 Å². The first-order valence-corrected chi connectivity index (χ1v) is 11.9. The van der Waals surface area contributed by atoms with Gasteiger partial charge < -0.3 is 0 Å². The monoisotopic (exact) mass is 439 g/mol. The molecule has 5 heteroatoms. The Balaban J connectivity index is 1.29. The fourth-order valence-corrected chi connectivity index (χ4v) is 5.38. The molecule has 0 saturated carbocycles. The Morgan fingerprint density at radius 1 is 1.03 bits per heavy atom. The molecule has 5 rings (SSSR count). The van der Waals surface area contributed by atoms with Crippen molar-refractivity contribution in [2.24, 2.45) is 0 Å². The van der Waals surface area contributed by atoms with Crippen molar-refractivity contribution >= 4 is 32.8 Å². The van der Waals surface area contributed by atoms with Crippen LogP contribution in [0.5, 0.6) is 0 Å². The molecule has 0 N–H and O–H groups in total. The number of thiophene rings is 1. The first-order chi connectivity index (χ1) is 15.8. The van der Waals surface area contributed by atoms with E-state index in [1.807, 2.05) is 29.5 Å². The largest absolute Gasteiger partial charge is 0.299 e. The molecule has 0 saturated heterocycles. The SMILES string of the molecule is O=C(c1ccncc1)C(CCN1CC=C(c2cccc3ccsc23)CC1)c1ccccn1. The lowest BCUT2D eigenvalue weighted by Crippen LogP contribution is -2.31. The Kier molecular flexibility index (Phi) is 6.19. The maximum absolute atomic E-state index is 13.3. The molecule has 3 aromatic heterocycles. The smallest absolute Gasteiger partial charge is 0.172 e. The predicted molar refractivity (Wildman–Crippen MR) is 131 cm³/mol. The van der Waals surface area contributed by atoms with Gasteiger partial charge in [0.15, 0.2) is 5.78 Å². The van der Waals surface area contributed by atoms with E-state index >= 15 is 0 Å². The number of nitrogens with zero attached hydrogens (tertiary/aromatic N) is 3. The quantitative estimate of drug-likeness (QED) is 0.340. The van der Waals surface area contributed by atoms with Gasteiger partial charge in [-0.05, 0) is 71.6 Å². The highest BCUT2D eigenvalue weighted by atomic mass is 32.1. The van der Waals surface area contributed by atoms with E-state index in [-0.39, 0.29) is 11.7 Å². The zero-order valence-electron chi connectivity index (χ0n) is 17.9. The van der Waals surface area contributed by atoms with Gasteiger partial charge in [-0.15, -0.1) is 11.3 Å². The van der Waals surface area contributed by atoms with Crippen LogP contribution in [0.2, 0.25) is 0 Å². The maximum Gasteiger partial charge on any atom is 0.172 e. The second-order valence-corrected chi connectivity index (χ2v) is 9.04. The number of pyridine rings is 2. The van der Waals surface area contributed by atoms with Crippen LogP contribution < -0.4 is 0 Å². The van der Waals surface area contributed by atoms with Crippen molar-refractivity contribution in [1.29, 1.82) is 0 Å². The number of aromatic nitrogens is 2. The Hall–Kier alpha value is -3.15. The second-order valence-electron chi connectivity index (χ2n) is 8.12. The molecule has 32 heavy (non-hydrogen) atoms. The lowest BCUT2D eigenvalue weighted by molar-refractivity contribution is 0.0946. The van der Waals surface area contributed by atoms with Gasteiger partial charge in [-0.2, -0.15) is 0 Å². The summed E-state index contributed by atoms with van der Waals surface area (Å²) >= 11 is 1.82. The number of hydrogen-bond acceptors (Lipinski definition) is 5. The van der Waals surface area contributed by atoms with E-state index in [0.29, 0.717) is 5.56 Å². The third-order valence-corrected chi connectivity index (χ3v) is 7.14. The zero-order valence-corrected chi connectivity index (χ0v) is 18.7. The van der Waals surface area contributed by atoms with Crippen LogP contribution in [-0.4, -0.2) is 40.3 Å². The lowest BCUT2D eigenvalue weighted by Gasteiger charge is -2.28. The lowest BCUT2D eigenvalue weighted by atomic mass is 9.91. The van der Waals surface area contributed by atoms with Gasteiger partial charge in [0.05, 0.1) is 11.6 Å². The topological polar surface area (TPSA) is 46.1 Å². The summed E-state index contributed by atoms with van der Waals surface area (Å²) in [7, 11) is 0. The zero-order chi connectivity index (χ0) is 21.8. The second kappa shape index (κ2) is 9.55. The average molecular weight is 440 g/mol. The molecule has 1 aromatic carbocycles. The normalized spacial score (nSPS) is 15.4. The number of fused-ring (bicyclic) bond motifs is 1. The summed E-state index contributed by atoms with van der Waals surface area (Å²) in [5.41, 5.74) is 4.34. The third kappa shape index (κ3) is 4.40. The maximum atomic E-state index is 13.3. The summed E-state index contributed by atoms with van der Waals surface area (Å²) in [6.07, 6.45) is 9.26. The van der Waals surface area contributed by atoms with Crippen molar-refractivity contribution < 1.29 is 4.79 Å². The van der Waals surface area contributed by atoms with Crippen molar-refractivity contribution in [2.75, 3.05) is 19.6 Å². The first kappa shape index (κ1) is 20.7.